The number of anilines is 1. The highest BCUT2D eigenvalue weighted by atomic mass is 127. The molecule has 23 heavy (non-hydrogen) atoms. The Morgan fingerprint density at radius 1 is 0.696 bits per heavy atom. The third-order valence-electron chi connectivity index (χ3n) is 3.70. The van der Waals surface area contributed by atoms with Crippen LogP contribution >= 0.6 is 34.2 Å². The summed E-state index contributed by atoms with van der Waals surface area (Å²) in [5.74, 6) is 0. The van der Waals surface area contributed by atoms with E-state index in [0.717, 1.165) is 27.4 Å². The zero-order valence-electron chi connectivity index (χ0n) is 12.6. The highest BCUT2D eigenvalue weighted by Gasteiger charge is 2.13. The molecule has 0 aromatic heterocycles. The molecule has 3 heteroatoms. The molecule has 0 aliphatic rings. The van der Waals surface area contributed by atoms with Crippen LogP contribution in [0.25, 0.3) is 0 Å². The van der Waals surface area contributed by atoms with Crippen LogP contribution in [0.5, 0.6) is 0 Å². The maximum Gasteiger partial charge on any atom is 0.0773 e. The number of nitrogens with zero attached hydrogens (tertiary/aromatic N) is 1. The minimum Gasteiger partial charge on any atom is -0.362 e. The summed E-state index contributed by atoms with van der Waals surface area (Å²) in [6, 6.07) is 27.2. The summed E-state index contributed by atoms with van der Waals surface area (Å²) in [5.41, 5.74) is 3.63. The monoisotopic (exact) mass is 433 g/mol. The van der Waals surface area contributed by atoms with Crippen LogP contribution in [0.3, 0.4) is 0 Å². The zero-order valence-corrected chi connectivity index (χ0v) is 15.5. The Morgan fingerprint density at radius 3 is 1.74 bits per heavy atom. The number of halogens is 2. The van der Waals surface area contributed by atoms with Crippen molar-refractivity contribution in [3.05, 3.63) is 98.6 Å². The summed E-state index contributed by atoms with van der Waals surface area (Å²) in [7, 11) is 0. The third-order valence-corrected chi connectivity index (χ3v) is 5.32. The molecule has 0 aliphatic carbocycles. The number of rotatable bonds is 5. The summed E-state index contributed by atoms with van der Waals surface area (Å²) in [4.78, 5) is 2.33. The van der Waals surface area contributed by atoms with E-state index >= 15 is 0 Å². The Balaban J connectivity index is 1.94. The molecule has 0 saturated heterocycles. The van der Waals surface area contributed by atoms with Crippen molar-refractivity contribution >= 4 is 39.9 Å². The minimum absolute atomic E-state index is 0.819. The van der Waals surface area contributed by atoms with Gasteiger partial charge >= 0.3 is 0 Å². The van der Waals surface area contributed by atoms with Crippen LogP contribution in [-0.2, 0) is 13.1 Å². The van der Waals surface area contributed by atoms with Crippen LogP contribution in [0.4, 0.5) is 5.69 Å². The summed E-state index contributed by atoms with van der Waals surface area (Å²) in [6.45, 7) is 1.66. The molecule has 0 amide bonds. The normalized spacial score (nSPS) is 10.5. The van der Waals surface area contributed by atoms with E-state index in [1.165, 1.54) is 11.1 Å². The van der Waals surface area contributed by atoms with Gasteiger partial charge in [0.05, 0.1) is 10.7 Å². The smallest absolute Gasteiger partial charge is 0.0773 e. The maximum absolute atomic E-state index is 6.57. The molecule has 116 valence electrons. The van der Waals surface area contributed by atoms with Gasteiger partial charge in [-0.05, 0) is 45.9 Å². The van der Waals surface area contributed by atoms with Crippen LogP contribution in [-0.4, -0.2) is 0 Å². The van der Waals surface area contributed by atoms with Crippen molar-refractivity contribution in [2.45, 2.75) is 13.1 Å². The molecular weight excluding hydrogens is 417 g/mol. The topological polar surface area (TPSA) is 3.24 Å². The molecule has 0 unspecified atom stereocenters. The summed E-state index contributed by atoms with van der Waals surface area (Å²) in [6.07, 6.45) is 0. The van der Waals surface area contributed by atoms with Crippen LogP contribution in [0.15, 0.2) is 78.9 Å². The molecule has 0 radical (unpaired) electrons. The largest absolute Gasteiger partial charge is 0.362 e. The minimum atomic E-state index is 0.819. The number of hydrogen-bond acceptors (Lipinski definition) is 1. The van der Waals surface area contributed by atoms with E-state index in [1.807, 2.05) is 18.2 Å². The lowest BCUT2D eigenvalue weighted by molar-refractivity contribution is 0.800. The van der Waals surface area contributed by atoms with Crippen molar-refractivity contribution in [3.63, 3.8) is 0 Å². The zero-order chi connectivity index (χ0) is 16.1. The van der Waals surface area contributed by atoms with Crippen molar-refractivity contribution in [3.8, 4) is 0 Å². The molecule has 0 fully saturated rings. The van der Waals surface area contributed by atoms with E-state index in [0.29, 0.717) is 0 Å². The Kier molecular flexibility index (Phi) is 5.57. The molecule has 3 rings (SSSR count). The summed E-state index contributed by atoms with van der Waals surface area (Å²) in [5, 5.41) is 0.819. The van der Waals surface area contributed by atoms with E-state index in [2.05, 4.69) is 88.2 Å². The molecule has 0 aliphatic heterocycles. The fourth-order valence-corrected chi connectivity index (χ4v) is 3.30. The second kappa shape index (κ2) is 7.84. The maximum atomic E-state index is 6.57. The van der Waals surface area contributed by atoms with Gasteiger partial charge in [-0.3, -0.25) is 0 Å². The fourth-order valence-electron chi connectivity index (χ4n) is 2.57. The van der Waals surface area contributed by atoms with Gasteiger partial charge < -0.3 is 4.90 Å². The standard InChI is InChI=1S/C20H17ClIN/c21-20-18(22)12-7-13-19(20)23(14-16-8-3-1-4-9-16)15-17-10-5-2-6-11-17/h1-13H,14-15H2. The first-order valence-corrected chi connectivity index (χ1v) is 8.96. The van der Waals surface area contributed by atoms with Crippen LogP contribution in [0.2, 0.25) is 5.02 Å². The highest BCUT2D eigenvalue weighted by molar-refractivity contribution is 14.1. The van der Waals surface area contributed by atoms with Crippen LogP contribution in [0.1, 0.15) is 11.1 Å². The first-order chi connectivity index (χ1) is 11.2. The summed E-state index contributed by atoms with van der Waals surface area (Å²) >= 11 is 8.86. The molecule has 0 bridgehead atoms. The molecule has 3 aromatic rings. The molecule has 0 heterocycles. The van der Waals surface area contributed by atoms with Gasteiger partial charge in [0.15, 0.2) is 0 Å². The van der Waals surface area contributed by atoms with E-state index in [9.17, 15) is 0 Å². The van der Waals surface area contributed by atoms with E-state index < -0.39 is 0 Å². The van der Waals surface area contributed by atoms with Gasteiger partial charge in [-0.25, -0.2) is 0 Å². The van der Waals surface area contributed by atoms with Crippen molar-refractivity contribution in [1.82, 2.24) is 0 Å². The predicted octanol–water partition coefficient (Wildman–Crippen LogP) is 6.15. The highest BCUT2D eigenvalue weighted by Crippen LogP contribution is 2.32. The predicted molar refractivity (Wildman–Crippen MR) is 107 cm³/mol. The molecule has 0 saturated carbocycles. The molecule has 0 spiro atoms. The SMILES string of the molecule is Clc1c(I)cccc1N(Cc1ccccc1)Cc1ccccc1. The van der Waals surface area contributed by atoms with Crippen molar-refractivity contribution in [1.29, 1.82) is 0 Å². The first-order valence-electron chi connectivity index (χ1n) is 7.51. The van der Waals surface area contributed by atoms with Gasteiger partial charge in [0.25, 0.3) is 0 Å². The Labute approximate surface area is 156 Å². The Hall–Kier alpha value is -1.52. The van der Waals surface area contributed by atoms with Crippen LogP contribution < -0.4 is 4.90 Å². The van der Waals surface area contributed by atoms with Gasteiger partial charge in [0.2, 0.25) is 0 Å². The Bertz CT molecular complexity index is 718. The van der Waals surface area contributed by atoms with E-state index in [4.69, 9.17) is 11.6 Å². The van der Waals surface area contributed by atoms with Gasteiger partial charge in [-0.1, -0.05) is 78.3 Å². The average molecular weight is 434 g/mol. The molecule has 0 atom stereocenters. The average Bonchev–Trinajstić information content (AvgIpc) is 2.59. The molecule has 0 N–H and O–H groups in total. The fraction of sp³-hybridized carbons (Fsp3) is 0.100. The molecule has 3 aromatic carbocycles. The van der Waals surface area contributed by atoms with E-state index in [-0.39, 0.29) is 0 Å². The van der Waals surface area contributed by atoms with Gasteiger partial charge in [-0.2, -0.15) is 0 Å². The summed E-state index contributed by atoms with van der Waals surface area (Å²) < 4.78 is 1.08. The molecule has 1 nitrogen and oxygen atoms in total. The number of hydrogen-bond donors (Lipinski definition) is 0. The lowest BCUT2D eigenvalue weighted by Crippen LogP contribution is -2.22. The van der Waals surface area contributed by atoms with Crippen molar-refractivity contribution < 1.29 is 0 Å². The van der Waals surface area contributed by atoms with Crippen molar-refractivity contribution in [2.75, 3.05) is 4.90 Å². The van der Waals surface area contributed by atoms with Crippen molar-refractivity contribution in [2.24, 2.45) is 0 Å². The third kappa shape index (κ3) is 4.27. The van der Waals surface area contributed by atoms with Gasteiger partial charge in [0, 0.05) is 16.7 Å². The Morgan fingerprint density at radius 2 is 1.22 bits per heavy atom. The lowest BCUT2D eigenvalue weighted by Gasteiger charge is -2.26. The molecular formula is C20H17ClIN. The first kappa shape index (κ1) is 16.3. The quantitative estimate of drug-likeness (QED) is 0.436. The van der Waals surface area contributed by atoms with Gasteiger partial charge in [0.1, 0.15) is 0 Å². The second-order valence-corrected chi connectivity index (χ2v) is 6.94. The van der Waals surface area contributed by atoms with Crippen LogP contribution in [0, 0.1) is 3.57 Å². The van der Waals surface area contributed by atoms with E-state index in [1.54, 1.807) is 0 Å². The second-order valence-electron chi connectivity index (χ2n) is 5.40. The lowest BCUT2D eigenvalue weighted by atomic mass is 10.1. The van der Waals surface area contributed by atoms with Gasteiger partial charge in [-0.15, -0.1) is 0 Å². The number of benzene rings is 3.